The van der Waals surface area contributed by atoms with E-state index in [4.69, 9.17) is 4.74 Å². The van der Waals surface area contributed by atoms with Gasteiger partial charge in [0.25, 0.3) is 0 Å². The van der Waals surface area contributed by atoms with Gasteiger partial charge in [-0.3, -0.25) is 4.79 Å². The SMILES string of the molecule is CCOC(C)C(=O)NC1CC2CCC(C1)N2. The molecular weight excluding hydrogens is 204 g/mol. The fourth-order valence-electron chi connectivity index (χ4n) is 2.82. The van der Waals surface area contributed by atoms with Gasteiger partial charge in [-0.1, -0.05) is 0 Å². The number of fused-ring (bicyclic) bond motifs is 2. The normalized spacial score (nSPS) is 34.8. The average Bonchev–Trinajstić information content (AvgIpc) is 2.58. The maximum Gasteiger partial charge on any atom is 0.249 e. The van der Waals surface area contributed by atoms with Gasteiger partial charge in [0.05, 0.1) is 0 Å². The zero-order valence-electron chi connectivity index (χ0n) is 10.2. The molecule has 0 saturated carbocycles. The van der Waals surface area contributed by atoms with Crippen LogP contribution in [0.1, 0.15) is 39.5 Å². The molecule has 2 fully saturated rings. The molecule has 0 aromatic rings. The van der Waals surface area contributed by atoms with E-state index in [2.05, 4.69) is 10.6 Å². The summed E-state index contributed by atoms with van der Waals surface area (Å²) in [5.74, 6) is 0.0353. The summed E-state index contributed by atoms with van der Waals surface area (Å²) >= 11 is 0. The Morgan fingerprint density at radius 2 is 2.06 bits per heavy atom. The molecule has 0 aromatic heterocycles. The molecule has 2 saturated heterocycles. The number of hydrogen-bond donors (Lipinski definition) is 2. The largest absolute Gasteiger partial charge is 0.369 e. The molecule has 3 unspecified atom stereocenters. The number of carbonyl (C=O) groups is 1. The van der Waals surface area contributed by atoms with E-state index < -0.39 is 0 Å². The van der Waals surface area contributed by atoms with Gasteiger partial charge in [-0.05, 0) is 39.5 Å². The minimum atomic E-state index is -0.322. The monoisotopic (exact) mass is 226 g/mol. The zero-order chi connectivity index (χ0) is 11.5. The molecule has 1 amide bonds. The zero-order valence-corrected chi connectivity index (χ0v) is 10.2. The maximum atomic E-state index is 11.8. The van der Waals surface area contributed by atoms with Gasteiger partial charge in [-0.2, -0.15) is 0 Å². The van der Waals surface area contributed by atoms with Gasteiger partial charge in [0.1, 0.15) is 6.10 Å². The predicted molar refractivity (Wildman–Crippen MR) is 62.2 cm³/mol. The fraction of sp³-hybridized carbons (Fsp3) is 0.917. The lowest BCUT2D eigenvalue weighted by molar-refractivity contribution is -0.132. The molecule has 92 valence electrons. The first kappa shape index (κ1) is 11.9. The van der Waals surface area contributed by atoms with Crippen LogP contribution in [0.2, 0.25) is 0 Å². The highest BCUT2D eigenvalue weighted by molar-refractivity contribution is 5.80. The highest BCUT2D eigenvalue weighted by atomic mass is 16.5. The van der Waals surface area contributed by atoms with Crippen LogP contribution in [-0.2, 0) is 9.53 Å². The van der Waals surface area contributed by atoms with E-state index in [9.17, 15) is 4.79 Å². The first-order valence-electron chi connectivity index (χ1n) is 6.37. The first-order valence-corrected chi connectivity index (χ1v) is 6.37. The van der Waals surface area contributed by atoms with Crippen LogP contribution in [-0.4, -0.2) is 36.7 Å². The summed E-state index contributed by atoms with van der Waals surface area (Å²) < 4.78 is 5.29. The molecule has 2 heterocycles. The Kier molecular flexibility index (Phi) is 3.82. The van der Waals surface area contributed by atoms with Crippen LogP contribution in [0.15, 0.2) is 0 Å². The van der Waals surface area contributed by atoms with Crippen LogP contribution >= 0.6 is 0 Å². The van der Waals surface area contributed by atoms with Crippen LogP contribution in [0, 0.1) is 0 Å². The lowest BCUT2D eigenvalue weighted by atomic mass is 9.99. The molecule has 0 radical (unpaired) electrons. The van der Waals surface area contributed by atoms with Gasteiger partial charge in [-0.15, -0.1) is 0 Å². The second-order valence-corrected chi connectivity index (χ2v) is 4.91. The Bertz CT molecular complexity index is 245. The van der Waals surface area contributed by atoms with Gasteiger partial charge in [0.2, 0.25) is 5.91 Å². The lowest BCUT2D eigenvalue weighted by Gasteiger charge is -2.30. The molecular formula is C12H22N2O2. The van der Waals surface area contributed by atoms with Crippen molar-refractivity contribution in [1.82, 2.24) is 10.6 Å². The van der Waals surface area contributed by atoms with Crippen molar-refractivity contribution in [3.63, 3.8) is 0 Å². The molecule has 0 aromatic carbocycles. The summed E-state index contributed by atoms with van der Waals surface area (Å²) in [6.45, 7) is 4.31. The molecule has 4 nitrogen and oxygen atoms in total. The van der Waals surface area contributed by atoms with E-state index in [1.165, 1.54) is 12.8 Å². The Morgan fingerprint density at radius 1 is 1.44 bits per heavy atom. The summed E-state index contributed by atoms with van der Waals surface area (Å²) in [4.78, 5) is 11.8. The topological polar surface area (TPSA) is 50.4 Å². The van der Waals surface area contributed by atoms with Crippen LogP contribution < -0.4 is 10.6 Å². The second kappa shape index (κ2) is 5.15. The van der Waals surface area contributed by atoms with E-state index in [0.29, 0.717) is 24.7 Å². The Labute approximate surface area is 97.1 Å². The number of rotatable bonds is 4. The number of piperidine rings is 1. The van der Waals surface area contributed by atoms with E-state index >= 15 is 0 Å². The molecule has 2 aliphatic heterocycles. The average molecular weight is 226 g/mol. The number of amides is 1. The highest BCUT2D eigenvalue weighted by Crippen LogP contribution is 2.26. The molecule has 3 atom stereocenters. The number of nitrogens with one attached hydrogen (secondary N) is 2. The Morgan fingerprint density at radius 3 is 2.62 bits per heavy atom. The molecule has 0 spiro atoms. The summed E-state index contributed by atoms with van der Waals surface area (Å²) in [5, 5.41) is 6.67. The third kappa shape index (κ3) is 2.74. The van der Waals surface area contributed by atoms with Crippen molar-refractivity contribution < 1.29 is 9.53 Å². The third-order valence-electron chi connectivity index (χ3n) is 3.61. The van der Waals surface area contributed by atoms with E-state index in [1.54, 1.807) is 0 Å². The van der Waals surface area contributed by atoms with Crippen LogP contribution in [0.25, 0.3) is 0 Å². The van der Waals surface area contributed by atoms with Gasteiger partial charge in [0.15, 0.2) is 0 Å². The smallest absolute Gasteiger partial charge is 0.249 e. The molecule has 4 heteroatoms. The minimum absolute atomic E-state index is 0.0353. The lowest BCUT2D eigenvalue weighted by Crippen LogP contribution is -2.50. The molecule has 2 aliphatic rings. The Balaban J connectivity index is 1.79. The van der Waals surface area contributed by atoms with Crippen molar-refractivity contribution in [3.8, 4) is 0 Å². The molecule has 2 rings (SSSR count). The maximum absolute atomic E-state index is 11.8. The van der Waals surface area contributed by atoms with Gasteiger partial charge >= 0.3 is 0 Å². The summed E-state index contributed by atoms with van der Waals surface area (Å²) in [7, 11) is 0. The highest BCUT2D eigenvalue weighted by Gasteiger charge is 2.34. The predicted octanol–water partition coefficient (Wildman–Crippen LogP) is 0.811. The molecule has 2 bridgehead atoms. The number of hydrogen-bond acceptors (Lipinski definition) is 3. The molecule has 16 heavy (non-hydrogen) atoms. The van der Waals surface area contributed by atoms with Crippen molar-refractivity contribution in [2.45, 2.75) is 63.8 Å². The summed E-state index contributed by atoms with van der Waals surface area (Å²) in [5.41, 5.74) is 0. The van der Waals surface area contributed by atoms with Crippen molar-refractivity contribution in [2.75, 3.05) is 6.61 Å². The van der Waals surface area contributed by atoms with Crippen LogP contribution in [0.5, 0.6) is 0 Å². The number of ether oxygens (including phenoxy) is 1. The molecule has 0 aliphatic carbocycles. The van der Waals surface area contributed by atoms with E-state index in [1.807, 2.05) is 13.8 Å². The van der Waals surface area contributed by atoms with Crippen LogP contribution in [0.4, 0.5) is 0 Å². The van der Waals surface area contributed by atoms with Gasteiger partial charge in [0, 0.05) is 24.7 Å². The minimum Gasteiger partial charge on any atom is -0.369 e. The first-order chi connectivity index (χ1) is 7.69. The van der Waals surface area contributed by atoms with Crippen molar-refractivity contribution in [3.05, 3.63) is 0 Å². The van der Waals surface area contributed by atoms with E-state index in [-0.39, 0.29) is 12.0 Å². The second-order valence-electron chi connectivity index (χ2n) is 4.91. The quantitative estimate of drug-likeness (QED) is 0.746. The van der Waals surface area contributed by atoms with Crippen molar-refractivity contribution in [1.29, 1.82) is 0 Å². The molecule has 2 N–H and O–H groups in total. The fourth-order valence-corrected chi connectivity index (χ4v) is 2.82. The number of carbonyl (C=O) groups excluding carboxylic acids is 1. The summed E-state index contributed by atoms with van der Waals surface area (Å²) in [6, 6.07) is 1.58. The Hall–Kier alpha value is -0.610. The van der Waals surface area contributed by atoms with Gasteiger partial charge < -0.3 is 15.4 Å². The van der Waals surface area contributed by atoms with Gasteiger partial charge in [-0.25, -0.2) is 0 Å². The van der Waals surface area contributed by atoms with Crippen LogP contribution in [0.3, 0.4) is 0 Å². The van der Waals surface area contributed by atoms with E-state index in [0.717, 1.165) is 12.8 Å². The van der Waals surface area contributed by atoms with Crippen molar-refractivity contribution in [2.24, 2.45) is 0 Å². The summed E-state index contributed by atoms with van der Waals surface area (Å²) in [6.07, 6.45) is 4.34. The third-order valence-corrected chi connectivity index (χ3v) is 3.61. The standard InChI is InChI=1S/C12H22N2O2/c1-3-16-8(2)12(15)14-11-6-9-4-5-10(7-11)13-9/h8-11,13H,3-7H2,1-2H3,(H,14,15). The van der Waals surface area contributed by atoms with Crippen molar-refractivity contribution >= 4 is 5.91 Å².